The molecule has 17 heavy (non-hydrogen) atoms. The predicted molar refractivity (Wildman–Crippen MR) is 73.3 cm³/mol. The highest BCUT2D eigenvalue weighted by molar-refractivity contribution is 9.10. The molecule has 0 heterocycles. The smallest absolute Gasteiger partial charge is 0.319 e. The van der Waals surface area contributed by atoms with Gasteiger partial charge in [-0.3, -0.25) is 0 Å². The highest BCUT2D eigenvalue weighted by Gasteiger charge is 2.16. The lowest BCUT2D eigenvalue weighted by Gasteiger charge is -2.13. The van der Waals surface area contributed by atoms with Gasteiger partial charge in [0.2, 0.25) is 0 Å². The third-order valence-corrected chi connectivity index (χ3v) is 3.97. The Bertz CT molecular complexity index is 414. The highest BCUT2D eigenvalue weighted by atomic mass is 79.9. The van der Waals surface area contributed by atoms with Crippen molar-refractivity contribution in [1.82, 2.24) is 5.32 Å². The Balaban J connectivity index is 1.90. The van der Waals surface area contributed by atoms with E-state index >= 15 is 0 Å². The van der Waals surface area contributed by atoms with Crippen LogP contribution in [0.3, 0.4) is 0 Å². The number of rotatable bonds is 2. The van der Waals surface area contributed by atoms with Gasteiger partial charge in [-0.05, 0) is 37.5 Å². The molecule has 0 spiro atoms. The first-order valence-electron chi connectivity index (χ1n) is 5.99. The van der Waals surface area contributed by atoms with Gasteiger partial charge in [-0.1, -0.05) is 34.8 Å². The van der Waals surface area contributed by atoms with Crippen LogP contribution in [0.1, 0.15) is 31.2 Å². The van der Waals surface area contributed by atoms with Gasteiger partial charge in [-0.2, -0.15) is 0 Å². The summed E-state index contributed by atoms with van der Waals surface area (Å²) >= 11 is 3.45. The van der Waals surface area contributed by atoms with Gasteiger partial charge in [0.1, 0.15) is 0 Å². The molecule has 0 saturated heterocycles. The second-order valence-corrected chi connectivity index (χ2v) is 5.40. The topological polar surface area (TPSA) is 41.1 Å². The first-order valence-corrected chi connectivity index (χ1v) is 6.78. The molecule has 0 radical (unpaired) electrons. The molecule has 2 rings (SSSR count). The number of amides is 2. The molecule has 1 saturated carbocycles. The van der Waals surface area contributed by atoms with Gasteiger partial charge in [0.15, 0.2) is 0 Å². The van der Waals surface area contributed by atoms with Crippen molar-refractivity contribution in [2.45, 2.75) is 38.6 Å². The Morgan fingerprint density at radius 3 is 2.71 bits per heavy atom. The minimum atomic E-state index is -0.104. The van der Waals surface area contributed by atoms with Gasteiger partial charge in [0.05, 0.1) is 0 Å². The number of benzene rings is 1. The molecule has 1 aromatic carbocycles. The fraction of sp³-hybridized carbons (Fsp3) is 0.462. The Morgan fingerprint density at radius 1 is 1.35 bits per heavy atom. The van der Waals surface area contributed by atoms with E-state index in [1.54, 1.807) is 0 Å². The number of halogens is 1. The summed E-state index contributed by atoms with van der Waals surface area (Å²) in [5, 5.41) is 5.85. The van der Waals surface area contributed by atoms with Crippen LogP contribution in [-0.4, -0.2) is 12.1 Å². The van der Waals surface area contributed by atoms with E-state index in [0.29, 0.717) is 6.04 Å². The van der Waals surface area contributed by atoms with Crippen molar-refractivity contribution in [3.05, 3.63) is 28.2 Å². The summed E-state index contributed by atoms with van der Waals surface area (Å²) in [4.78, 5) is 11.7. The molecular weight excluding hydrogens is 280 g/mol. The van der Waals surface area contributed by atoms with Crippen molar-refractivity contribution in [2.24, 2.45) is 0 Å². The Kier molecular flexibility index (Phi) is 4.05. The summed E-state index contributed by atoms with van der Waals surface area (Å²) in [7, 11) is 0. The van der Waals surface area contributed by atoms with Crippen molar-refractivity contribution in [3.8, 4) is 0 Å². The number of nitrogens with one attached hydrogen (secondary N) is 2. The predicted octanol–water partition coefficient (Wildman–Crippen LogP) is 3.82. The summed E-state index contributed by atoms with van der Waals surface area (Å²) in [6.45, 7) is 2.02. The Morgan fingerprint density at radius 2 is 2.06 bits per heavy atom. The third kappa shape index (κ3) is 3.46. The van der Waals surface area contributed by atoms with Crippen LogP contribution >= 0.6 is 15.9 Å². The van der Waals surface area contributed by atoms with E-state index in [1.165, 1.54) is 12.8 Å². The van der Waals surface area contributed by atoms with Gasteiger partial charge in [-0.15, -0.1) is 0 Å². The molecule has 0 aromatic heterocycles. The van der Waals surface area contributed by atoms with Crippen molar-refractivity contribution >= 4 is 27.6 Å². The molecule has 1 aromatic rings. The van der Waals surface area contributed by atoms with Gasteiger partial charge >= 0.3 is 6.03 Å². The molecule has 4 heteroatoms. The van der Waals surface area contributed by atoms with Crippen molar-refractivity contribution < 1.29 is 4.79 Å². The molecule has 0 aliphatic heterocycles. The third-order valence-electron chi connectivity index (χ3n) is 3.12. The second-order valence-electron chi connectivity index (χ2n) is 4.54. The van der Waals surface area contributed by atoms with Crippen LogP contribution in [0.15, 0.2) is 22.7 Å². The van der Waals surface area contributed by atoms with Crippen molar-refractivity contribution in [1.29, 1.82) is 0 Å². The molecule has 2 amide bonds. The minimum Gasteiger partial charge on any atom is -0.335 e. The van der Waals surface area contributed by atoms with E-state index in [-0.39, 0.29) is 6.03 Å². The van der Waals surface area contributed by atoms with E-state index in [4.69, 9.17) is 0 Å². The van der Waals surface area contributed by atoms with Crippen LogP contribution in [0.2, 0.25) is 0 Å². The van der Waals surface area contributed by atoms with Crippen LogP contribution in [0.25, 0.3) is 0 Å². The minimum absolute atomic E-state index is 0.104. The van der Waals surface area contributed by atoms with E-state index in [0.717, 1.165) is 28.6 Å². The lowest BCUT2D eigenvalue weighted by molar-refractivity contribution is 0.248. The maximum Gasteiger partial charge on any atom is 0.319 e. The SMILES string of the molecule is Cc1ccc(NC(=O)NC2CCCC2)cc1Br. The van der Waals surface area contributed by atoms with Crippen LogP contribution in [-0.2, 0) is 0 Å². The number of carbonyl (C=O) groups is 1. The zero-order valence-corrected chi connectivity index (χ0v) is 11.5. The van der Waals surface area contributed by atoms with Gasteiger partial charge < -0.3 is 10.6 Å². The molecule has 1 fully saturated rings. The molecular formula is C13H17BrN2O. The lowest BCUT2D eigenvalue weighted by Crippen LogP contribution is -2.36. The zero-order chi connectivity index (χ0) is 12.3. The average molecular weight is 297 g/mol. The summed E-state index contributed by atoms with van der Waals surface area (Å²) in [5.41, 5.74) is 1.98. The van der Waals surface area contributed by atoms with E-state index in [1.807, 2.05) is 25.1 Å². The number of carbonyl (C=O) groups excluding carboxylic acids is 1. The molecule has 1 aliphatic carbocycles. The maximum absolute atomic E-state index is 11.7. The first-order chi connectivity index (χ1) is 8.15. The lowest BCUT2D eigenvalue weighted by atomic mass is 10.2. The number of aryl methyl sites for hydroxylation is 1. The highest BCUT2D eigenvalue weighted by Crippen LogP contribution is 2.21. The fourth-order valence-electron chi connectivity index (χ4n) is 2.09. The standard InChI is InChI=1S/C13H17BrN2O/c1-9-6-7-11(8-12(9)14)16-13(17)15-10-4-2-3-5-10/h6-8,10H,2-5H2,1H3,(H2,15,16,17). The zero-order valence-electron chi connectivity index (χ0n) is 9.92. The number of hydrogen-bond acceptors (Lipinski definition) is 1. The fourth-order valence-corrected chi connectivity index (χ4v) is 2.47. The second kappa shape index (κ2) is 5.54. The Labute approximate surface area is 110 Å². The van der Waals surface area contributed by atoms with E-state index in [2.05, 4.69) is 26.6 Å². The van der Waals surface area contributed by atoms with Crippen LogP contribution in [0.4, 0.5) is 10.5 Å². The summed E-state index contributed by atoms with van der Waals surface area (Å²) in [5.74, 6) is 0. The number of urea groups is 1. The molecule has 92 valence electrons. The van der Waals surface area contributed by atoms with Crippen molar-refractivity contribution in [3.63, 3.8) is 0 Å². The van der Waals surface area contributed by atoms with Gasteiger partial charge in [0.25, 0.3) is 0 Å². The quantitative estimate of drug-likeness (QED) is 0.856. The van der Waals surface area contributed by atoms with Crippen LogP contribution in [0.5, 0.6) is 0 Å². The molecule has 2 N–H and O–H groups in total. The summed E-state index contributed by atoms with van der Waals surface area (Å²) in [6.07, 6.45) is 4.65. The van der Waals surface area contributed by atoms with Crippen LogP contribution < -0.4 is 10.6 Å². The summed E-state index contributed by atoms with van der Waals surface area (Å²) < 4.78 is 1.01. The molecule has 1 aliphatic rings. The van der Waals surface area contributed by atoms with Gasteiger partial charge in [-0.25, -0.2) is 4.79 Å². The maximum atomic E-state index is 11.7. The molecule has 0 bridgehead atoms. The normalized spacial score (nSPS) is 15.9. The van der Waals surface area contributed by atoms with E-state index < -0.39 is 0 Å². The van der Waals surface area contributed by atoms with E-state index in [9.17, 15) is 4.79 Å². The largest absolute Gasteiger partial charge is 0.335 e. The number of hydrogen-bond donors (Lipinski definition) is 2. The number of anilines is 1. The monoisotopic (exact) mass is 296 g/mol. The average Bonchev–Trinajstić information content (AvgIpc) is 2.76. The Hall–Kier alpha value is -1.03. The summed E-state index contributed by atoms with van der Waals surface area (Å²) in [6, 6.07) is 6.06. The van der Waals surface area contributed by atoms with Crippen molar-refractivity contribution in [2.75, 3.05) is 5.32 Å². The van der Waals surface area contributed by atoms with Crippen LogP contribution in [0, 0.1) is 6.92 Å². The first kappa shape index (κ1) is 12.4. The molecule has 0 atom stereocenters. The van der Waals surface area contributed by atoms with Gasteiger partial charge in [0, 0.05) is 16.2 Å². The molecule has 0 unspecified atom stereocenters. The molecule has 3 nitrogen and oxygen atoms in total.